The van der Waals surface area contributed by atoms with Gasteiger partial charge in [-0.05, 0) is 83.1 Å². The quantitative estimate of drug-likeness (QED) is 0.160. The Morgan fingerprint density at radius 1 is 0.884 bits per heavy atom. The summed E-state index contributed by atoms with van der Waals surface area (Å²) in [4.78, 5) is 33.6. The molecule has 3 aromatic carbocycles. The van der Waals surface area contributed by atoms with Crippen molar-refractivity contribution in [2.75, 3.05) is 36.5 Å². The molecular weight excluding hydrogens is 579 g/mol. The molecule has 0 atom stereocenters. The highest BCUT2D eigenvalue weighted by Crippen LogP contribution is 2.36. The van der Waals surface area contributed by atoms with Crippen molar-refractivity contribution in [1.82, 2.24) is 4.98 Å². The summed E-state index contributed by atoms with van der Waals surface area (Å²) in [5, 5.41) is 5.91. The van der Waals surface area contributed by atoms with E-state index in [1.807, 2.05) is 113 Å². The first-order chi connectivity index (χ1) is 20.5. The van der Waals surface area contributed by atoms with Gasteiger partial charge in [0.2, 0.25) is 0 Å². The number of aromatic nitrogens is 1. The summed E-state index contributed by atoms with van der Waals surface area (Å²) >= 11 is 3.05. The number of rotatable bonds is 8. The van der Waals surface area contributed by atoms with Gasteiger partial charge in [-0.2, -0.15) is 0 Å². The first kappa shape index (κ1) is 30.8. The van der Waals surface area contributed by atoms with E-state index < -0.39 is 10.3 Å². The molecular formula is C34H37N3O4S2. The van der Waals surface area contributed by atoms with Gasteiger partial charge in [-0.15, -0.1) is 23.1 Å². The fraction of sp³-hybridized carbons (Fsp3) is 0.324. The van der Waals surface area contributed by atoms with Crippen molar-refractivity contribution in [3.05, 3.63) is 83.7 Å². The van der Waals surface area contributed by atoms with E-state index in [4.69, 9.17) is 14.5 Å². The van der Waals surface area contributed by atoms with Crippen molar-refractivity contribution >= 4 is 46.3 Å². The molecule has 1 aromatic heterocycles. The number of thiazole rings is 1. The minimum Gasteiger partial charge on any atom is -0.459 e. The number of amides is 1. The third kappa shape index (κ3) is 8.04. The molecule has 1 fully saturated rings. The largest absolute Gasteiger partial charge is 0.459 e. The van der Waals surface area contributed by atoms with Crippen molar-refractivity contribution in [3.63, 3.8) is 0 Å². The molecule has 1 amide bonds. The van der Waals surface area contributed by atoms with Crippen molar-refractivity contribution < 1.29 is 19.1 Å². The lowest BCUT2D eigenvalue weighted by Gasteiger charge is -2.28. The van der Waals surface area contributed by atoms with E-state index in [0.717, 1.165) is 64.4 Å². The number of anilines is 2. The molecule has 1 saturated heterocycles. The summed E-state index contributed by atoms with van der Waals surface area (Å²) in [5.74, 6) is -0.391. The molecule has 5 rings (SSSR count). The van der Waals surface area contributed by atoms with Gasteiger partial charge in [-0.25, -0.2) is 4.98 Å². The molecule has 7 nitrogen and oxygen atoms in total. The second kappa shape index (κ2) is 12.9. The van der Waals surface area contributed by atoms with Crippen LogP contribution >= 0.6 is 23.1 Å². The number of carbonyl (C=O) groups is 2. The zero-order valence-corrected chi connectivity index (χ0v) is 26.8. The minimum atomic E-state index is -0.708. The summed E-state index contributed by atoms with van der Waals surface area (Å²) in [6.07, 6.45) is 0. The topological polar surface area (TPSA) is 80.8 Å². The van der Waals surface area contributed by atoms with Gasteiger partial charge in [0.1, 0.15) is 15.4 Å². The molecule has 9 heteroatoms. The molecule has 0 unspecified atom stereocenters. The molecule has 4 aromatic rings. The molecule has 0 bridgehead atoms. The zero-order chi connectivity index (χ0) is 30.6. The van der Waals surface area contributed by atoms with Crippen LogP contribution in [0.4, 0.5) is 11.4 Å². The van der Waals surface area contributed by atoms with E-state index >= 15 is 0 Å². The number of ether oxygens (including phenoxy) is 2. The molecule has 224 valence electrons. The number of hydrogen-bond donors (Lipinski definition) is 1. The average molecular weight is 616 g/mol. The highest BCUT2D eigenvalue weighted by Gasteiger charge is 2.33. The van der Waals surface area contributed by atoms with Crippen LogP contribution in [-0.2, 0) is 14.3 Å². The Bertz CT molecular complexity index is 1550. The van der Waals surface area contributed by atoms with Crippen LogP contribution in [0.25, 0.3) is 21.8 Å². The first-order valence-electron chi connectivity index (χ1n) is 14.3. The normalized spacial score (nSPS) is 13.9. The van der Waals surface area contributed by atoms with Gasteiger partial charge in [-0.1, -0.05) is 24.3 Å². The predicted octanol–water partition coefficient (Wildman–Crippen LogP) is 7.78. The maximum atomic E-state index is 12.9. The average Bonchev–Trinajstić information content (AvgIpc) is 3.48. The second-order valence-corrected chi connectivity index (χ2v) is 14.4. The van der Waals surface area contributed by atoms with Gasteiger partial charge < -0.3 is 19.7 Å². The first-order valence-corrected chi connectivity index (χ1v) is 16.0. The van der Waals surface area contributed by atoms with E-state index in [9.17, 15) is 9.59 Å². The summed E-state index contributed by atoms with van der Waals surface area (Å²) in [6, 6.07) is 23.5. The Morgan fingerprint density at radius 2 is 1.51 bits per heavy atom. The second-order valence-electron chi connectivity index (χ2n) is 11.9. The monoisotopic (exact) mass is 615 g/mol. The Balaban J connectivity index is 1.19. The standard InChI is InChI=1S/C34H37N3O4S2/c1-33(2,3)41-32(39)34(4,5)43-28-16-10-25(11-17-28)31-36-29(22-42-31)23-6-8-24(9-7-23)30(38)35-26-12-14-27(15-13-26)37-18-20-40-21-19-37/h6-17,22H,18-21H2,1-5H3,(H,35,38). The molecule has 0 saturated carbocycles. The lowest BCUT2D eigenvalue weighted by Crippen LogP contribution is -2.36. The van der Waals surface area contributed by atoms with Crippen molar-refractivity contribution in [2.45, 2.75) is 49.9 Å². The molecule has 1 aliphatic heterocycles. The van der Waals surface area contributed by atoms with Crippen molar-refractivity contribution in [2.24, 2.45) is 0 Å². The number of nitrogens with one attached hydrogen (secondary N) is 1. The van der Waals surface area contributed by atoms with Crippen LogP contribution < -0.4 is 10.2 Å². The third-order valence-corrected chi connectivity index (χ3v) is 8.89. The van der Waals surface area contributed by atoms with Crippen molar-refractivity contribution in [3.8, 4) is 21.8 Å². The zero-order valence-electron chi connectivity index (χ0n) is 25.2. The predicted molar refractivity (Wildman–Crippen MR) is 176 cm³/mol. The van der Waals surface area contributed by atoms with Gasteiger partial charge in [0.25, 0.3) is 5.91 Å². The van der Waals surface area contributed by atoms with E-state index in [-0.39, 0.29) is 11.9 Å². The number of morpholine rings is 1. The van der Waals surface area contributed by atoms with Gasteiger partial charge >= 0.3 is 5.97 Å². The minimum absolute atomic E-state index is 0.155. The summed E-state index contributed by atoms with van der Waals surface area (Å²) < 4.78 is 10.3. The van der Waals surface area contributed by atoms with Crippen LogP contribution in [0.1, 0.15) is 45.0 Å². The van der Waals surface area contributed by atoms with Crippen LogP contribution in [0, 0.1) is 0 Å². The maximum absolute atomic E-state index is 12.9. The number of carbonyl (C=O) groups excluding carboxylic acids is 2. The smallest absolute Gasteiger partial charge is 0.322 e. The third-order valence-electron chi connectivity index (χ3n) is 6.81. The fourth-order valence-corrected chi connectivity index (χ4v) is 6.34. The van der Waals surface area contributed by atoms with Crippen LogP contribution in [0.2, 0.25) is 0 Å². The molecule has 0 spiro atoms. The Hall–Kier alpha value is -3.66. The van der Waals surface area contributed by atoms with Gasteiger partial charge in [0.15, 0.2) is 0 Å². The Kier molecular flexibility index (Phi) is 9.25. The van der Waals surface area contributed by atoms with E-state index in [2.05, 4.69) is 10.2 Å². The summed E-state index contributed by atoms with van der Waals surface area (Å²) in [6.45, 7) is 12.6. The van der Waals surface area contributed by atoms with Gasteiger partial charge in [0.05, 0.1) is 18.9 Å². The number of hydrogen-bond acceptors (Lipinski definition) is 8. The van der Waals surface area contributed by atoms with E-state index in [1.165, 1.54) is 11.8 Å². The molecule has 1 aliphatic rings. The number of thioether (sulfide) groups is 1. The fourth-order valence-electron chi connectivity index (χ4n) is 4.51. The van der Waals surface area contributed by atoms with E-state index in [0.29, 0.717) is 5.56 Å². The molecule has 1 N–H and O–H groups in total. The lowest BCUT2D eigenvalue weighted by atomic mass is 10.1. The number of benzene rings is 3. The summed E-state index contributed by atoms with van der Waals surface area (Å²) in [5.41, 5.74) is 4.75. The highest BCUT2D eigenvalue weighted by molar-refractivity contribution is 8.01. The van der Waals surface area contributed by atoms with Crippen LogP contribution in [-0.4, -0.2) is 53.5 Å². The molecule has 43 heavy (non-hydrogen) atoms. The van der Waals surface area contributed by atoms with E-state index in [1.54, 1.807) is 11.3 Å². The molecule has 2 heterocycles. The number of nitrogens with zero attached hydrogens (tertiary/aromatic N) is 2. The van der Waals surface area contributed by atoms with Crippen LogP contribution in [0.3, 0.4) is 0 Å². The maximum Gasteiger partial charge on any atom is 0.322 e. The van der Waals surface area contributed by atoms with Gasteiger partial charge in [-0.3, -0.25) is 9.59 Å². The highest BCUT2D eigenvalue weighted by atomic mass is 32.2. The molecule has 0 radical (unpaired) electrons. The van der Waals surface area contributed by atoms with Crippen LogP contribution in [0.5, 0.6) is 0 Å². The van der Waals surface area contributed by atoms with Gasteiger partial charge in [0, 0.05) is 51.4 Å². The summed E-state index contributed by atoms with van der Waals surface area (Å²) in [7, 11) is 0. The SMILES string of the molecule is CC(C)(C)OC(=O)C(C)(C)Sc1ccc(-c2nc(-c3ccc(C(=O)Nc4ccc(N5CCOCC5)cc4)cc3)cs2)cc1. The lowest BCUT2D eigenvalue weighted by molar-refractivity contribution is -0.156. The van der Waals surface area contributed by atoms with Crippen molar-refractivity contribution in [1.29, 1.82) is 0 Å². The van der Waals surface area contributed by atoms with Crippen LogP contribution in [0.15, 0.2) is 83.1 Å². The number of esters is 1. The molecule has 0 aliphatic carbocycles. The Morgan fingerprint density at radius 3 is 2.14 bits per heavy atom. The Labute approximate surface area is 261 Å².